The molecule has 7 nitrogen and oxygen atoms in total. The van der Waals surface area contributed by atoms with E-state index in [1.54, 1.807) is 17.0 Å². The van der Waals surface area contributed by atoms with E-state index in [-0.39, 0.29) is 17.6 Å². The van der Waals surface area contributed by atoms with Gasteiger partial charge in [0.1, 0.15) is 5.70 Å². The number of benzene rings is 1. The van der Waals surface area contributed by atoms with Crippen LogP contribution in [0, 0.1) is 24.0 Å². The molecule has 4 rings (SSSR count). The molecule has 2 heterocycles. The van der Waals surface area contributed by atoms with Gasteiger partial charge in [-0.15, -0.1) is 0 Å². The molecule has 1 saturated heterocycles. The van der Waals surface area contributed by atoms with Gasteiger partial charge in [-0.05, 0) is 68.7 Å². The van der Waals surface area contributed by atoms with Crippen molar-refractivity contribution in [2.75, 3.05) is 7.05 Å². The summed E-state index contributed by atoms with van der Waals surface area (Å²) in [7, 11) is 1.85. The third-order valence-corrected chi connectivity index (χ3v) is 6.78. The Kier molecular flexibility index (Phi) is 5.66. The van der Waals surface area contributed by atoms with Crippen LogP contribution in [0.1, 0.15) is 49.1 Å². The van der Waals surface area contributed by atoms with E-state index < -0.39 is 4.92 Å². The highest BCUT2D eigenvalue weighted by molar-refractivity contribution is 7.80. The molecule has 2 aliphatic rings. The van der Waals surface area contributed by atoms with Crippen LogP contribution < -0.4 is 0 Å². The number of amides is 1. The van der Waals surface area contributed by atoms with Crippen LogP contribution in [-0.4, -0.2) is 43.4 Å². The first-order valence-corrected chi connectivity index (χ1v) is 11.0. The average molecular weight is 439 g/mol. The van der Waals surface area contributed by atoms with Gasteiger partial charge >= 0.3 is 0 Å². The van der Waals surface area contributed by atoms with Crippen LogP contribution in [0.5, 0.6) is 0 Å². The summed E-state index contributed by atoms with van der Waals surface area (Å²) in [5.41, 5.74) is 4.36. The van der Waals surface area contributed by atoms with Crippen LogP contribution in [-0.2, 0) is 4.79 Å². The molecular formula is C23H26N4O3S. The zero-order valence-corrected chi connectivity index (χ0v) is 18.8. The van der Waals surface area contributed by atoms with Gasteiger partial charge in [-0.25, -0.2) is 0 Å². The van der Waals surface area contributed by atoms with E-state index in [2.05, 4.69) is 0 Å². The van der Waals surface area contributed by atoms with Crippen molar-refractivity contribution in [2.24, 2.45) is 0 Å². The molecule has 0 atom stereocenters. The summed E-state index contributed by atoms with van der Waals surface area (Å²) in [5.74, 6) is -0.0282. The summed E-state index contributed by atoms with van der Waals surface area (Å²) >= 11 is 5.62. The molecule has 1 saturated carbocycles. The quantitative estimate of drug-likeness (QED) is 0.299. The van der Waals surface area contributed by atoms with Crippen molar-refractivity contribution in [3.8, 4) is 5.69 Å². The van der Waals surface area contributed by atoms with Gasteiger partial charge in [0.15, 0.2) is 5.11 Å². The average Bonchev–Trinajstić information content (AvgIpc) is 3.15. The maximum absolute atomic E-state index is 13.3. The molecule has 0 unspecified atom stereocenters. The highest BCUT2D eigenvalue weighted by Crippen LogP contribution is 2.32. The van der Waals surface area contributed by atoms with Crippen LogP contribution >= 0.6 is 12.2 Å². The predicted octanol–water partition coefficient (Wildman–Crippen LogP) is 4.73. The second kappa shape index (κ2) is 8.26. The Labute approximate surface area is 187 Å². The molecule has 0 bridgehead atoms. The first-order valence-electron chi connectivity index (χ1n) is 10.6. The predicted molar refractivity (Wildman–Crippen MR) is 124 cm³/mol. The number of nitro benzene ring substituents is 1. The van der Waals surface area contributed by atoms with E-state index in [1.807, 2.05) is 42.5 Å². The largest absolute Gasteiger partial charge is 0.318 e. The second-order valence-electron chi connectivity index (χ2n) is 8.27. The minimum absolute atomic E-state index is 0.0282. The summed E-state index contributed by atoms with van der Waals surface area (Å²) in [5, 5.41) is 11.5. The van der Waals surface area contributed by atoms with E-state index in [4.69, 9.17) is 12.2 Å². The fraction of sp³-hybridized carbons (Fsp3) is 0.391. The van der Waals surface area contributed by atoms with Gasteiger partial charge in [-0.2, -0.15) is 0 Å². The van der Waals surface area contributed by atoms with Gasteiger partial charge in [-0.1, -0.05) is 19.3 Å². The molecule has 8 heteroatoms. The number of rotatable bonds is 4. The van der Waals surface area contributed by atoms with Crippen molar-refractivity contribution in [2.45, 2.75) is 52.0 Å². The van der Waals surface area contributed by atoms with Gasteiger partial charge in [0.2, 0.25) is 0 Å². The summed E-state index contributed by atoms with van der Waals surface area (Å²) < 4.78 is 2.03. The first kappa shape index (κ1) is 21.2. The number of carbonyl (C=O) groups excluding carboxylic acids is 1. The molecule has 31 heavy (non-hydrogen) atoms. The van der Waals surface area contributed by atoms with E-state index in [9.17, 15) is 14.9 Å². The van der Waals surface area contributed by atoms with Gasteiger partial charge in [0.25, 0.3) is 11.6 Å². The topological polar surface area (TPSA) is 71.6 Å². The number of hydrogen-bond acceptors (Lipinski definition) is 4. The number of non-ortho nitro benzene ring substituents is 1. The highest BCUT2D eigenvalue weighted by Gasteiger charge is 2.40. The lowest BCUT2D eigenvalue weighted by Crippen LogP contribution is -2.41. The fourth-order valence-corrected chi connectivity index (χ4v) is 4.97. The van der Waals surface area contributed by atoms with Gasteiger partial charge < -0.3 is 9.47 Å². The number of aryl methyl sites for hydroxylation is 1. The van der Waals surface area contributed by atoms with Crippen molar-refractivity contribution in [3.63, 3.8) is 0 Å². The summed E-state index contributed by atoms with van der Waals surface area (Å²) in [6.07, 6.45) is 7.40. The monoisotopic (exact) mass is 438 g/mol. The smallest absolute Gasteiger partial charge is 0.277 e. The number of nitro groups is 1. The summed E-state index contributed by atoms with van der Waals surface area (Å²) in [4.78, 5) is 27.4. The molecule has 1 aromatic carbocycles. The van der Waals surface area contributed by atoms with Crippen molar-refractivity contribution in [1.82, 2.24) is 14.4 Å². The molecule has 2 aromatic rings. The number of aromatic nitrogens is 1. The van der Waals surface area contributed by atoms with E-state index >= 15 is 0 Å². The van der Waals surface area contributed by atoms with Crippen molar-refractivity contribution < 1.29 is 9.72 Å². The molecule has 1 aliphatic heterocycles. The molecule has 1 aliphatic carbocycles. The Hall–Kier alpha value is -3.00. The zero-order valence-electron chi connectivity index (χ0n) is 18.0. The van der Waals surface area contributed by atoms with Crippen LogP contribution in [0.25, 0.3) is 11.8 Å². The van der Waals surface area contributed by atoms with Crippen LogP contribution in [0.3, 0.4) is 0 Å². The third-order valence-electron chi connectivity index (χ3n) is 6.31. The van der Waals surface area contributed by atoms with Gasteiger partial charge in [0, 0.05) is 42.3 Å². The van der Waals surface area contributed by atoms with E-state index in [0.29, 0.717) is 10.8 Å². The maximum Gasteiger partial charge on any atom is 0.277 e. The molecule has 1 aromatic heterocycles. The molecule has 2 fully saturated rings. The highest BCUT2D eigenvalue weighted by atomic mass is 32.1. The Morgan fingerprint density at radius 2 is 1.77 bits per heavy atom. The lowest BCUT2D eigenvalue weighted by Gasteiger charge is -2.30. The first-order chi connectivity index (χ1) is 14.8. The lowest BCUT2D eigenvalue weighted by molar-refractivity contribution is -0.384. The number of hydrogen-bond donors (Lipinski definition) is 0. The molecule has 1 amide bonds. The Balaban J connectivity index is 1.67. The number of carbonyl (C=O) groups is 1. The molecular weight excluding hydrogens is 412 g/mol. The van der Waals surface area contributed by atoms with Gasteiger partial charge in [0.05, 0.1) is 4.92 Å². The van der Waals surface area contributed by atoms with Crippen molar-refractivity contribution in [1.29, 1.82) is 0 Å². The zero-order chi connectivity index (χ0) is 22.3. The van der Waals surface area contributed by atoms with E-state index in [1.165, 1.54) is 18.6 Å². The molecule has 0 N–H and O–H groups in total. The number of nitrogens with zero attached hydrogens (tertiary/aromatic N) is 4. The molecule has 0 spiro atoms. The minimum Gasteiger partial charge on any atom is -0.318 e. The van der Waals surface area contributed by atoms with Crippen molar-refractivity contribution in [3.05, 3.63) is 63.1 Å². The Morgan fingerprint density at radius 3 is 2.39 bits per heavy atom. The lowest BCUT2D eigenvalue weighted by atomic mass is 9.94. The van der Waals surface area contributed by atoms with Crippen LogP contribution in [0.2, 0.25) is 0 Å². The Bertz CT molecular complexity index is 1080. The van der Waals surface area contributed by atoms with Crippen LogP contribution in [0.4, 0.5) is 5.69 Å². The standard InChI is InChI=1S/C23H26N4O3S/c1-15-13-17(16(2)25(15)19-9-11-20(12-10-19)27(29)30)14-21-22(28)26(23(31)24(21)3)18-7-5-4-6-8-18/h9-14,18H,4-8H2,1-3H3/b21-14-. The van der Waals surface area contributed by atoms with Gasteiger partial charge in [-0.3, -0.25) is 19.8 Å². The maximum atomic E-state index is 13.3. The van der Waals surface area contributed by atoms with E-state index in [0.717, 1.165) is 48.3 Å². The third kappa shape index (κ3) is 3.76. The summed E-state index contributed by atoms with van der Waals surface area (Å²) in [6, 6.07) is 8.69. The number of likely N-dealkylation sites (N-methyl/N-ethyl adjacent to an activating group) is 1. The molecule has 0 radical (unpaired) electrons. The SMILES string of the molecule is Cc1cc(/C=C2/C(=O)N(C3CCCCC3)C(=S)N2C)c(C)n1-c1ccc([N+](=O)[O-])cc1. The summed E-state index contributed by atoms with van der Waals surface area (Å²) in [6.45, 7) is 3.97. The fourth-order valence-electron chi connectivity index (χ4n) is 4.64. The van der Waals surface area contributed by atoms with Crippen molar-refractivity contribution >= 4 is 35.0 Å². The number of thiocarbonyl (C=S) groups is 1. The second-order valence-corrected chi connectivity index (χ2v) is 8.64. The normalized spacial score (nSPS) is 19.0. The molecule has 162 valence electrons. The minimum atomic E-state index is -0.405. The Morgan fingerprint density at radius 1 is 1.13 bits per heavy atom. The van der Waals surface area contributed by atoms with Crippen LogP contribution in [0.15, 0.2) is 36.0 Å².